The molecule has 33 heavy (non-hydrogen) atoms. The summed E-state index contributed by atoms with van der Waals surface area (Å²) in [5, 5.41) is 8.80. The summed E-state index contributed by atoms with van der Waals surface area (Å²) in [6.07, 6.45) is 1.68. The minimum Gasteiger partial charge on any atom is -0.497 e. The Bertz CT molecular complexity index is 1100. The Kier molecular flexibility index (Phi) is 8.42. The van der Waals surface area contributed by atoms with Crippen molar-refractivity contribution in [3.63, 3.8) is 0 Å². The molecule has 0 unspecified atom stereocenters. The fourth-order valence-corrected chi connectivity index (χ4v) is 3.78. The van der Waals surface area contributed by atoms with Crippen LogP contribution < -0.4 is 14.2 Å². The van der Waals surface area contributed by atoms with Crippen LogP contribution in [0.15, 0.2) is 60.3 Å². The first kappa shape index (κ1) is 24.2. The zero-order valence-corrected chi connectivity index (χ0v) is 19.0. The second-order valence-electron chi connectivity index (χ2n) is 6.85. The molecule has 0 N–H and O–H groups in total. The standard InChI is InChI=1S/C23H23F2N3O4S/c1-4-11-28-21(13-31-17-8-6-16(30-3)7-9-17)26-27-23(28)33-14-19(29)18-12-15(2)5-10-20(18)32-22(24)25/h4-10,12,22H,1,11,13-14H2,2-3H3. The third-order valence-electron chi connectivity index (χ3n) is 4.52. The Morgan fingerprint density at radius 3 is 2.58 bits per heavy atom. The molecule has 2 aromatic carbocycles. The van der Waals surface area contributed by atoms with E-state index in [1.54, 1.807) is 55.0 Å². The topological polar surface area (TPSA) is 75.5 Å². The first-order chi connectivity index (χ1) is 15.9. The summed E-state index contributed by atoms with van der Waals surface area (Å²) in [6, 6.07) is 11.6. The van der Waals surface area contributed by atoms with Gasteiger partial charge in [-0.15, -0.1) is 16.8 Å². The van der Waals surface area contributed by atoms with E-state index in [-0.39, 0.29) is 29.5 Å². The minimum atomic E-state index is -3.02. The molecule has 3 rings (SSSR count). The Labute approximate surface area is 194 Å². The van der Waals surface area contributed by atoms with E-state index in [0.29, 0.717) is 23.3 Å². The number of aromatic nitrogens is 3. The number of alkyl halides is 2. The summed E-state index contributed by atoms with van der Waals surface area (Å²) >= 11 is 1.15. The SMILES string of the molecule is C=CCn1c(COc2ccc(OC)cc2)nnc1SCC(=O)c1cc(C)ccc1OC(F)F. The lowest BCUT2D eigenvalue weighted by Crippen LogP contribution is -2.11. The van der Waals surface area contributed by atoms with Gasteiger partial charge in [0.25, 0.3) is 0 Å². The van der Waals surface area contributed by atoms with Crippen LogP contribution in [0.3, 0.4) is 0 Å². The third kappa shape index (κ3) is 6.55. The van der Waals surface area contributed by atoms with Crippen LogP contribution in [-0.4, -0.2) is 40.0 Å². The van der Waals surface area contributed by atoms with Crippen LogP contribution in [0.25, 0.3) is 0 Å². The first-order valence-corrected chi connectivity index (χ1v) is 10.9. The van der Waals surface area contributed by atoms with E-state index in [0.717, 1.165) is 23.1 Å². The highest BCUT2D eigenvalue weighted by molar-refractivity contribution is 7.99. The number of nitrogens with zero attached hydrogens (tertiary/aromatic N) is 3. The molecule has 3 aromatic rings. The summed E-state index contributed by atoms with van der Waals surface area (Å²) in [7, 11) is 1.59. The lowest BCUT2D eigenvalue weighted by atomic mass is 10.1. The van der Waals surface area contributed by atoms with Crippen LogP contribution in [-0.2, 0) is 13.2 Å². The van der Waals surface area contributed by atoms with Gasteiger partial charge in [0.2, 0.25) is 0 Å². The van der Waals surface area contributed by atoms with Gasteiger partial charge in [0, 0.05) is 6.54 Å². The molecule has 0 radical (unpaired) electrons. The Balaban J connectivity index is 1.70. The number of halogens is 2. The molecule has 0 aliphatic rings. The van der Waals surface area contributed by atoms with Gasteiger partial charge in [0.15, 0.2) is 16.8 Å². The smallest absolute Gasteiger partial charge is 0.387 e. The number of carbonyl (C=O) groups is 1. The van der Waals surface area contributed by atoms with Gasteiger partial charge in [-0.05, 0) is 43.3 Å². The highest BCUT2D eigenvalue weighted by Gasteiger charge is 2.19. The molecule has 0 fully saturated rings. The van der Waals surface area contributed by atoms with Gasteiger partial charge < -0.3 is 14.2 Å². The summed E-state index contributed by atoms with van der Waals surface area (Å²) in [5.74, 6) is 1.37. The summed E-state index contributed by atoms with van der Waals surface area (Å²) < 4.78 is 42.6. The number of ketones is 1. The molecular formula is C23H23F2N3O4S. The van der Waals surface area contributed by atoms with E-state index in [2.05, 4.69) is 21.5 Å². The van der Waals surface area contributed by atoms with E-state index in [4.69, 9.17) is 9.47 Å². The van der Waals surface area contributed by atoms with E-state index < -0.39 is 6.61 Å². The molecule has 10 heteroatoms. The largest absolute Gasteiger partial charge is 0.497 e. The number of benzene rings is 2. The fraction of sp³-hybridized carbons (Fsp3) is 0.261. The molecule has 1 heterocycles. The maximum Gasteiger partial charge on any atom is 0.387 e. The van der Waals surface area contributed by atoms with Gasteiger partial charge in [0.1, 0.15) is 23.9 Å². The Morgan fingerprint density at radius 2 is 1.91 bits per heavy atom. The van der Waals surface area contributed by atoms with E-state index in [9.17, 15) is 13.6 Å². The summed E-state index contributed by atoms with van der Waals surface area (Å²) in [5.41, 5.74) is 0.860. The predicted molar refractivity (Wildman–Crippen MR) is 120 cm³/mol. The Morgan fingerprint density at radius 1 is 1.18 bits per heavy atom. The van der Waals surface area contributed by atoms with E-state index in [1.807, 2.05) is 0 Å². The maximum absolute atomic E-state index is 12.8. The molecule has 0 aliphatic heterocycles. The second kappa shape index (κ2) is 11.5. The normalized spacial score (nSPS) is 10.8. The van der Waals surface area contributed by atoms with Crippen LogP contribution >= 0.6 is 11.8 Å². The number of hydrogen-bond donors (Lipinski definition) is 0. The van der Waals surface area contributed by atoms with Crippen molar-refractivity contribution in [1.29, 1.82) is 0 Å². The van der Waals surface area contributed by atoms with Crippen molar-refractivity contribution in [2.24, 2.45) is 0 Å². The number of carbonyl (C=O) groups excluding carboxylic acids is 1. The number of ether oxygens (including phenoxy) is 3. The lowest BCUT2D eigenvalue weighted by molar-refractivity contribution is -0.0501. The van der Waals surface area contributed by atoms with Gasteiger partial charge >= 0.3 is 6.61 Å². The van der Waals surface area contributed by atoms with Crippen LogP contribution in [0.5, 0.6) is 17.2 Å². The summed E-state index contributed by atoms with van der Waals surface area (Å²) in [6.45, 7) is 3.07. The number of rotatable bonds is 12. The quantitative estimate of drug-likeness (QED) is 0.209. The van der Waals surface area contributed by atoms with Gasteiger partial charge in [-0.2, -0.15) is 8.78 Å². The molecule has 174 valence electrons. The molecule has 0 amide bonds. The minimum absolute atomic E-state index is 0.0301. The number of aryl methyl sites for hydroxylation is 1. The maximum atomic E-state index is 12.8. The predicted octanol–water partition coefficient (Wildman–Crippen LogP) is 4.94. The number of allylic oxidation sites excluding steroid dienone is 1. The van der Waals surface area contributed by atoms with Gasteiger partial charge in [-0.1, -0.05) is 29.5 Å². The highest BCUT2D eigenvalue weighted by atomic mass is 32.2. The molecule has 0 atom stereocenters. The molecule has 0 aliphatic carbocycles. The number of thioether (sulfide) groups is 1. The monoisotopic (exact) mass is 475 g/mol. The lowest BCUT2D eigenvalue weighted by Gasteiger charge is -2.11. The molecular weight excluding hydrogens is 452 g/mol. The average Bonchev–Trinajstić information content (AvgIpc) is 3.19. The zero-order chi connectivity index (χ0) is 23.8. The second-order valence-corrected chi connectivity index (χ2v) is 7.79. The van der Waals surface area contributed by atoms with Crippen LogP contribution in [0.4, 0.5) is 8.78 Å². The molecule has 0 saturated carbocycles. The van der Waals surface area contributed by atoms with Crippen LogP contribution in [0, 0.1) is 6.92 Å². The zero-order valence-electron chi connectivity index (χ0n) is 18.2. The molecule has 0 spiro atoms. The van der Waals surface area contributed by atoms with E-state index >= 15 is 0 Å². The van der Waals surface area contributed by atoms with Crippen molar-refractivity contribution in [3.05, 3.63) is 72.1 Å². The number of Topliss-reactive ketones (excluding diaryl/α,β-unsaturated/α-hetero) is 1. The first-order valence-electron chi connectivity index (χ1n) is 9.92. The molecule has 0 saturated heterocycles. The van der Waals surface area contributed by atoms with Gasteiger partial charge in [0.05, 0.1) is 18.4 Å². The number of hydrogen-bond acceptors (Lipinski definition) is 7. The fourth-order valence-electron chi connectivity index (χ4n) is 2.93. The molecule has 7 nitrogen and oxygen atoms in total. The van der Waals surface area contributed by atoms with E-state index in [1.165, 1.54) is 12.1 Å². The average molecular weight is 476 g/mol. The number of methoxy groups -OCH3 is 1. The van der Waals surface area contributed by atoms with Crippen molar-refractivity contribution < 1.29 is 27.8 Å². The summed E-state index contributed by atoms with van der Waals surface area (Å²) in [4.78, 5) is 12.8. The van der Waals surface area contributed by atoms with Crippen molar-refractivity contribution in [2.75, 3.05) is 12.9 Å². The van der Waals surface area contributed by atoms with Crippen molar-refractivity contribution in [3.8, 4) is 17.2 Å². The van der Waals surface area contributed by atoms with Crippen molar-refractivity contribution in [1.82, 2.24) is 14.8 Å². The van der Waals surface area contributed by atoms with Crippen molar-refractivity contribution >= 4 is 17.5 Å². The van der Waals surface area contributed by atoms with Crippen molar-refractivity contribution in [2.45, 2.75) is 31.8 Å². The van der Waals surface area contributed by atoms with Gasteiger partial charge in [-0.25, -0.2) is 0 Å². The van der Waals surface area contributed by atoms with Gasteiger partial charge in [-0.3, -0.25) is 9.36 Å². The third-order valence-corrected chi connectivity index (χ3v) is 5.48. The Hall–Kier alpha value is -3.40. The molecule has 1 aromatic heterocycles. The van der Waals surface area contributed by atoms with Crippen LogP contribution in [0.1, 0.15) is 21.7 Å². The highest BCUT2D eigenvalue weighted by Crippen LogP contribution is 2.26. The van der Waals surface area contributed by atoms with Crippen LogP contribution in [0.2, 0.25) is 0 Å². The molecule has 0 bridgehead atoms.